The van der Waals surface area contributed by atoms with Gasteiger partial charge in [0.05, 0.1) is 0 Å². The first-order valence-corrected chi connectivity index (χ1v) is 12.1. The molecule has 0 saturated heterocycles. The Morgan fingerprint density at radius 2 is 1.70 bits per heavy atom. The van der Waals surface area contributed by atoms with Crippen molar-refractivity contribution in [1.29, 1.82) is 0 Å². The van der Waals surface area contributed by atoms with Crippen molar-refractivity contribution < 1.29 is 14.3 Å². The van der Waals surface area contributed by atoms with Crippen LogP contribution in [0.25, 0.3) is 15.7 Å². The monoisotopic (exact) mass is 455 g/mol. The largest absolute Gasteiger partial charge is 0.481 e. The Morgan fingerprint density at radius 3 is 2.42 bits per heavy atom. The van der Waals surface area contributed by atoms with Crippen molar-refractivity contribution >= 4 is 27.2 Å². The Morgan fingerprint density at radius 1 is 1.00 bits per heavy atom. The van der Waals surface area contributed by atoms with Crippen LogP contribution in [0.5, 0.6) is 5.75 Å². The first-order chi connectivity index (χ1) is 15.8. The zero-order valence-electron chi connectivity index (χ0n) is 19.3. The molecular formula is C29H27O3S+. The third-order valence-corrected chi connectivity index (χ3v) is 7.57. The number of thiophene rings is 1. The molecule has 166 valence electrons. The third kappa shape index (κ3) is 4.65. The molecule has 0 aliphatic carbocycles. The number of esters is 1. The highest BCUT2D eigenvalue weighted by atomic mass is 32.2. The highest BCUT2D eigenvalue weighted by Crippen LogP contribution is 2.39. The Bertz CT molecular complexity index is 1340. The van der Waals surface area contributed by atoms with Crippen LogP contribution < -0.4 is 4.74 Å². The maximum absolute atomic E-state index is 12.7. The number of ether oxygens (including phenoxy) is 2. The van der Waals surface area contributed by atoms with Crippen molar-refractivity contribution in [2.24, 2.45) is 0 Å². The van der Waals surface area contributed by atoms with Crippen LogP contribution in [-0.4, -0.2) is 12.6 Å². The number of carbonyl (C=O) groups is 1. The second kappa shape index (κ2) is 9.13. The van der Waals surface area contributed by atoms with Gasteiger partial charge in [0.25, 0.3) is 0 Å². The minimum atomic E-state index is -0.789. The van der Waals surface area contributed by atoms with Gasteiger partial charge in [-0.25, -0.2) is 4.79 Å². The van der Waals surface area contributed by atoms with Gasteiger partial charge < -0.3 is 9.47 Å². The van der Waals surface area contributed by atoms with Gasteiger partial charge in [-0.3, -0.25) is 0 Å². The van der Waals surface area contributed by atoms with E-state index in [0.29, 0.717) is 5.75 Å². The summed E-state index contributed by atoms with van der Waals surface area (Å²) in [6.07, 6.45) is 5.64. The number of benzene rings is 3. The lowest BCUT2D eigenvalue weighted by atomic mass is 9.92. The zero-order valence-corrected chi connectivity index (χ0v) is 20.2. The van der Waals surface area contributed by atoms with Gasteiger partial charge in [-0.15, -0.1) is 6.42 Å². The molecule has 0 aliphatic rings. The number of fused-ring (bicyclic) bond motifs is 1. The van der Waals surface area contributed by atoms with Gasteiger partial charge >= 0.3 is 5.97 Å². The van der Waals surface area contributed by atoms with Crippen molar-refractivity contribution in [2.45, 2.75) is 33.3 Å². The topological polar surface area (TPSA) is 35.5 Å². The molecule has 1 heterocycles. The third-order valence-electron chi connectivity index (χ3n) is 5.67. The number of hydrogen-bond acceptors (Lipinski definition) is 3. The summed E-state index contributed by atoms with van der Waals surface area (Å²) in [6.45, 7) is 7.63. The maximum atomic E-state index is 12.7. The van der Waals surface area contributed by atoms with Crippen molar-refractivity contribution in [3.8, 4) is 23.0 Å². The molecule has 3 aromatic carbocycles. The van der Waals surface area contributed by atoms with E-state index in [4.69, 9.17) is 15.9 Å². The van der Waals surface area contributed by atoms with E-state index in [1.165, 1.54) is 0 Å². The Balaban J connectivity index is 1.49. The van der Waals surface area contributed by atoms with Gasteiger partial charge in [0.15, 0.2) is 11.5 Å². The molecule has 33 heavy (non-hydrogen) atoms. The van der Waals surface area contributed by atoms with E-state index in [9.17, 15) is 4.79 Å². The molecule has 0 spiro atoms. The first-order valence-electron chi connectivity index (χ1n) is 10.8. The van der Waals surface area contributed by atoms with Crippen LogP contribution in [0, 0.1) is 26.2 Å². The van der Waals surface area contributed by atoms with Gasteiger partial charge in [0, 0.05) is 34.2 Å². The number of carbonyl (C=O) groups excluding carboxylic acids is 1. The molecule has 0 saturated carbocycles. The molecule has 4 aromatic rings. The Labute approximate surface area is 198 Å². The normalized spacial score (nSPS) is 11.8. The van der Waals surface area contributed by atoms with E-state index in [2.05, 4.69) is 35.6 Å². The molecule has 1 unspecified atom stereocenters. The predicted molar refractivity (Wildman–Crippen MR) is 136 cm³/mol. The second-order valence-electron chi connectivity index (χ2n) is 8.53. The molecule has 0 fully saturated rings. The minimum Gasteiger partial charge on any atom is -0.481 e. The van der Waals surface area contributed by atoms with E-state index in [0.717, 1.165) is 37.2 Å². The summed E-state index contributed by atoms with van der Waals surface area (Å²) in [5.74, 6) is 3.07. The molecule has 4 heteroatoms. The molecule has 0 aliphatic heterocycles. The summed E-state index contributed by atoms with van der Waals surface area (Å²) in [7, 11) is -0.219. The fourth-order valence-corrected chi connectivity index (χ4v) is 5.94. The summed E-state index contributed by atoms with van der Waals surface area (Å²) < 4.78 is 11.8. The molecule has 4 rings (SSSR count). The lowest BCUT2D eigenvalue weighted by molar-refractivity contribution is -0.159. The van der Waals surface area contributed by atoms with Crippen LogP contribution in [0.1, 0.15) is 35.4 Å². The fourth-order valence-electron chi connectivity index (χ4n) is 4.18. The van der Waals surface area contributed by atoms with Crippen molar-refractivity contribution in [1.82, 2.24) is 0 Å². The lowest BCUT2D eigenvalue weighted by Gasteiger charge is -2.27. The zero-order chi connectivity index (χ0) is 23.6. The average Bonchev–Trinajstić information content (AvgIpc) is 3.26. The van der Waals surface area contributed by atoms with E-state index < -0.39 is 11.6 Å². The van der Waals surface area contributed by atoms with Crippen molar-refractivity contribution in [3.05, 3.63) is 93.7 Å². The number of aryl methyl sites for hydroxylation is 2. The molecule has 1 atom stereocenters. The minimum absolute atomic E-state index is 0.156. The average molecular weight is 456 g/mol. The smallest absolute Gasteiger partial charge is 0.345 e. The summed E-state index contributed by atoms with van der Waals surface area (Å²) >= 11 is 0. The lowest BCUT2D eigenvalue weighted by Crippen LogP contribution is -2.29. The molecule has 0 N–H and O–H groups in total. The molecule has 3 nitrogen and oxygen atoms in total. The van der Waals surface area contributed by atoms with Gasteiger partial charge in [0.2, 0.25) is 4.88 Å². The van der Waals surface area contributed by atoms with E-state index in [-0.39, 0.29) is 17.1 Å². The van der Waals surface area contributed by atoms with Gasteiger partial charge in [0.1, 0.15) is 16.7 Å². The molecule has 0 bridgehead atoms. The highest BCUT2D eigenvalue weighted by molar-refractivity contribution is 7.38. The van der Waals surface area contributed by atoms with E-state index in [1.807, 2.05) is 70.2 Å². The summed E-state index contributed by atoms with van der Waals surface area (Å²) in [5, 5.41) is 4.31. The number of hydrogen-bond donors (Lipinski definition) is 0. The van der Waals surface area contributed by atoms with Crippen LogP contribution in [0.15, 0.2) is 72.1 Å². The molecule has 0 amide bonds. The summed E-state index contributed by atoms with van der Waals surface area (Å²) in [5.41, 5.74) is 2.11. The number of rotatable bonds is 6. The van der Waals surface area contributed by atoms with Crippen molar-refractivity contribution in [3.63, 3.8) is 0 Å². The van der Waals surface area contributed by atoms with Crippen LogP contribution in [-0.2, 0) is 15.1 Å². The predicted octanol–water partition coefficient (Wildman–Crippen LogP) is 7.03. The molecule has 1 aromatic heterocycles. The SMILES string of the molecule is C#Cc1ccc[s+]1-c1cc(C)c(OCC(=O)OC(C)(C)c2cccc3ccccc23)c(C)c1. The highest BCUT2D eigenvalue weighted by Gasteiger charge is 2.28. The standard InChI is InChI=1S/C29H27O3S/c1-6-23-13-10-16-33(23)24-17-20(2)28(21(3)18-24)31-19-27(30)32-29(4,5)26-15-9-12-22-11-7-8-14-25(22)26/h1,7-18H,19H2,2-5H3/q+1. The summed E-state index contributed by atoms with van der Waals surface area (Å²) in [4.78, 5) is 14.9. The van der Waals surface area contributed by atoms with Crippen LogP contribution >= 0.6 is 10.5 Å². The van der Waals surface area contributed by atoms with Crippen LogP contribution in [0.2, 0.25) is 0 Å². The second-order valence-corrected chi connectivity index (χ2v) is 10.4. The van der Waals surface area contributed by atoms with E-state index in [1.54, 1.807) is 0 Å². The quantitative estimate of drug-likeness (QED) is 0.178. The van der Waals surface area contributed by atoms with Crippen molar-refractivity contribution in [2.75, 3.05) is 6.61 Å². The first kappa shape index (κ1) is 22.6. The van der Waals surface area contributed by atoms with Crippen LogP contribution in [0.3, 0.4) is 0 Å². The molecular weight excluding hydrogens is 428 g/mol. The maximum Gasteiger partial charge on any atom is 0.345 e. The molecule has 0 radical (unpaired) electrons. The summed E-state index contributed by atoms with van der Waals surface area (Å²) in [6, 6.07) is 22.3. The fraction of sp³-hybridized carbons (Fsp3) is 0.207. The van der Waals surface area contributed by atoms with Gasteiger partial charge in [-0.2, -0.15) is 0 Å². The van der Waals surface area contributed by atoms with Crippen LogP contribution in [0.4, 0.5) is 0 Å². The number of terminal acetylenes is 1. The van der Waals surface area contributed by atoms with Gasteiger partial charge in [-0.05, 0) is 61.6 Å². The van der Waals surface area contributed by atoms with E-state index >= 15 is 0 Å². The Kier molecular flexibility index (Phi) is 6.26. The van der Waals surface area contributed by atoms with Gasteiger partial charge in [-0.1, -0.05) is 42.5 Å². The Hall–Kier alpha value is -3.55.